The number of ether oxygens (including phenoxy) is 1. The molecule has 0 spiro atoms. The van der Waals surface area contributed by atoms with Crippen molar-refractivity contribution >= 4 is 40.0 Å². The van der Waals surface area contributed by atoms with Gasteiger partial charge in [-0.1, -0.05) is 18.2 Å². The zero-order valence-electron chi connectivity index (χ0n) is 16.8. The van der Waals surface area contributed by atoms with Gasteiger partial charge in [-0.3, -0.25) is 0 Å². The molecule has 1 aliphatic rings. The lowest BCUT2D eigenvalue weighted by Gasteiger charge is -2.23. The van der Waals surface area contributed by atoms with E-state index in [1.165, 1.54) is 6.33 Å². The topological polar surface area (TPSA) is 90.9 Å². The highest BCUT2D eigenvalue weighted by atomic mass is 35.5. The van der Waals surface area contributed by atoms with Crippen LogP contribution in [0.2, 0.25) is 0 Å². The number of nitrogen functional groups attached to an aromatic ring is 1. The number of anilines is 1. The molecule has 8 heteroatoms. The summed E-state index contributed by atoms with van der Waals surface area (Å²) >= 11 is 0. The summed E-state index contributed by atoms with van der Waals surface area (Å²) in [5.41, 5.74) is 8.94. The van der Waals surface area contributed by atoms with Gasteiger partial charge in [-0.25, -0.2) is 14.6 Å². The summed E-state index contributed by atoms with van der Waals surface area (Å²) in [5, 5.41) is 11.5. The molecule has 7 nitrogen and oxygen atoms in total. The second-order valence-electron chi connectivity index (χ2n) is 7.39. The Morgan fingerprint density at radius 1 is 1.10 bits per heavy atom. The van der Waals surface area contributed by atoms with E-state index in [2.05, 4.69) is 45.6 Å². The lowest BCUT2D eigenvalue weighted by molar-refractivity contribution is 0.341. The third-order valence-electron chi connectivity index (χ3n) is 5.57. The molecule has 2 aromatic heterocycles. The van der Waals surface area contributed by atoms with E-state index in [1.807, 2.05) is 17.7 Å². The van der Waals surface area contributed by atoms with Crippen LogP contribution in [0.4, 0.5) is 5.82 Å². The summed E-state index contributed by atoms with van der Waals surface area (Å²) in [7, 11) is 0. The van der Waals surface area contributed by atoms with Gasteiger partial charge in [0.2, 0.25) is 0 Å². The highest BCUT2D eigenvalue weighted by Crippen LogP contribution is 2.35. The van der Waals surface area contributed by atoms with Crippen molar-refractivity contribution in [3.8, 4) is 17.0 Å². The molecule has 0 saturated carbocycles. The predicted octanol–water partition coefficient (Wildman–Crippen LogP) is 3.97. The van der Waals surface area contributed by atoms with Crippen molar-refractivity contribution in [1.82, 2.24) is 25.1 Å². The lowest BCUT2D eigenvalue weighted by atomic mass is 10.0. The first-order valence-electron chi connectivity index (χ1n) is 10.1. The molecule has 156 valence electrons. The van der Waals surface area contributed by atoms with Crippen molar-refractivity contribution in [2.24, 2.45) is 0 Å². The summed E-state index contributed by atoms with van der Waals surface area (Å²) < 4.78 is 7.67. The molecule has 30 heavy (non-hydrogen) atoms. The van der Waals surface area contributed by atoms with E-state index in [9.17, 15) is 0 Å². The first-order valence-corrected chi connectivity index (χ1v) is 10.1. The van der Waals surface area contributed by atoms with Crippen molar-refractivity contribution in [2.45, 2.75) is 25.8 Å². The van der Waals surface area contributed by atoms with Gasteiger partial charge in [0, 0.05) is 5.56 Å². The van der Waals surface area contributed by atoms with Crippen molar-refractivity contribution in [3.63, 3.8) is 0 Å². The van der Waals surface area contributed by atoms with Crippen molar-refractivity contribution in [2.75, 3.05) is 25.4 Å². The number of nitrogens with one attached hydrogen (secondary N) is 1. The smallest absolute Gasteiger partial charge is 0.164 e. The third kappa shape index (κ3) is 3.55. The predicted molar refractivity (Wildman–Crippen MR) is 122 cm³/mol. The maximum Gasteiger partial charge on any atom is 0.164 e. The molecule has 0 unspecified atom stereocenters. The fourth-order valence-electron chi connectivity index (χ4n) is 4.13. The Morgan fingerprint density at radius 3 is 2.67 bits per heavy atom. The van der Waals surface area contributed by atoms with Crippen molar-refractivity contribution in [1.29, 1.82) is 0 Å². The van der Waals surface area contributed by atoms with Gasteiger partial charge >= 0.3 is 0 Å². The molecule has 1 fully saturated rings. The van der Waals surface area contributed by atoms with Gasteiger partial charge < -0.3 is 15.8 Å². The number of nitrogens with zero attached hydrogens (tertiary/aromatic N) is 4. The molecule has 1 saturated heterocycles. The molecule has 0 atom stereocenters. The second-order valence-corrected chi connectivity index (χ2v) is 7.39. The summed E-state index contributed by atoms with van der Waals surface area (Å²) in [5.74, 6) is 1.35. The van der Waals surface area contributed by atoms with E-state index in [4.69, 9.17) is 15.6 Å². The zero-order valence-corrected chi connectivity index (χ0v) is 17.7. The molecular formula is C22H25ClN6O. The number of hydrogen-bond donors (Lipinski definition) is 2. The quantitative estimate of drug-likeness (QED) is 0.515. The van der Waals surface area contributed by atoms with Crippen LogP contribution in [0.3, 0.4) is 0 Å². The zero-order chi connectivity index (χ0) is 19.8. The Bertz CT molecular complexity index is 1190. The van der Waals surface area contributed by atoms with Crippen LogP contribution in [0, 0.1) is 0 Å². The number of halogens is 1. The Kier molecular flexibility index (Phi) is 5.74. The van der Waals surface area contributed by atoms with Crippen molar-refractivity contribution in [3.05, 3.63) is 42.7 Å². The van der Waals surface area contributed by atoms with Gasteiger partial charge in [0.25, 0.3) is 0 Å². The maximum atomic E-state index is 6.27. The summed E-state index contributed by atoms with van der Waals surface area (Å²) in [6.07, 6.45) is 3.58. The molecule has 4 aromatic rings. The molecule has 0 bridgehead atoms. The molecule has 3 N–H and O–H groups in total. The van der Waals surface area contributed by atoms with Gasteiger partial charge in [0.05, 0.1) is 18.0 Å². The maximum absolute atomic E-state index is 6.27. The van der Waals surface area contributed by atoms with Crippen LogP contribution < -0.4 is 15.8 Å². The average Bonchev–Trinajstić information content (AvgIpc) is 3.15. The molecule has 0 radical (unpaired) electrons. The number of fused-ring (bicyclic) bond motifs is 2. The number of nitrogens with two attached hydrogens (primary N) is 1. The minimum atomic E-state index is 0. The molecule has 2 aromatic carbocycles. The molecule has 1 aliphatic heterocycles. The van der Waals surface area contributed by atoms with Crippen LogP contribution in [0.15, 0.2) is 42.7 Å². The summed E-state index contributed by atoms with van der Waals surface area (Å²) in [6.45, 7) is 4.62. The average molecular weight is 425 g/mol. The molecule has 0 aliphatic carbocycles. The Balaban J connectivity index is 0.00000218. The van der Waals surface area contributed by atoms with Crippen LogP contribution >= 0.6 is 12.4 Å². The summed E-state index contributed by atoms with van der Waals surface area (Å²) in [4.78, 5) is 8.76. The Hall–Kier alpha value is -2.90. The lowest BCUT2D eigenvalue weighted by Crippen LogP contribution is -2.30. The van der Waals surface area contributed by atoms with Gasteiger partial charge in [-0.05, 0) is 61.8 Å². The summed E-state index contributed by atoms with van der Waals surface area (Å²) in [6, 6.07) is 12.8. The fraction of sp³-hybridized carbons (Fsp3) is 0.318. The van der Waals surface area contributed by atoms with Crippen LogP contribution in [0.25, 0.3) is 33.1 Å². The van der Waals surface area contributed by atoms with E-state index in [1.54, 1.807) is 0 Å². The van der Waals surface area contributed by atoms with Crippen LogP contribution in [-0.4, -0.2) is 39.4 Å². The monoisotopic (exact) mass is 424 g/mol. The third-order valence-corrected chi connectivity index (χ3v) is 5.57. The number of piperidine rings is 1. The highest BCUT2D eigenvalue weighted by Gasteiger charge is 2.23. The molecule has 0 amide bonds. The first-order chi connectivity index (χ1) is 14.2. The minimum absolute atomic E-state index is 0. The Morgan fingerprint density at radius 2 is 1.87 bits per heavy atom. The van der Waals surface area contributed by atoms with Crippen LogP contribution in [0.1, 0.15) is 25.8 Å². The van der Waals surface area contributed by atoms with E-state index >= 15 is 0 Å². The van der Waals surface area contributed by atoms with Gasteiger partial charge in [0.15, 0.2) is 5.65 Å². The largest absolute Gasteiger partial charge is 0.494 e. The molecular weight excluding hydrogens is 400 g/mol. The van der Waals surface area contributed by atoms with Crippen molar-refractivity contribution < 1.29 is 4.74 Å². The van der Waals surface area contributed by atoms with Crippen LogP contribution in [-0.2, 0) is 0 Å². The van der Waals surface area contributed by atoms with Gasteiger partial charge in [-0.2, -0.15) is 5.10 Å². The minimum Gasteiger partial charge on any atom is -0.494 e. The Labute approximate surface area is 181 Å². The van der Waals surface area contributed by atoms with E-state index in [0.717, 1.165) is 64.7 Å². The first kappa shape index (κ1) is 20.4. The number of hydrogen-bond acceptors (Lipinski definition) is 6. The number of benzene rings is 2. The fourth-order valence-corrected chi connectivity index (χ4v) is 4.13. The number of rotatable bonds is 4. The molecule has 3 heterocycles. The van der Waals surface area contributed by atoms with Crippen LogP contribution in [0.5, 0.6) is 5.75 Å². The van der Waals surface area contributed by atoms with Gasteiger partial charge in [-0.15, -0.1) is 12.4 Å². The SMILES string of the molecule is CCOc1ccc2cc(-c3nn(C4CCNCC4)c4ncnc(N)c34)ccc2c1.Cl. The number of aromatic nitrogens is 4. The molecule has 5 rings (SSSR count). The standard InChI is InChI=1S/C22H24N6O.ClH/c1-2-29-18-6-5-14-11-16(4-3-15(14)12-18)20-19-21(23)25-13-26-22(19)28(27-20)17-7-9-24-10-8-17;/h3-6,11-13,17,24H,2,7-10H2,1H3,(H2,23,25,26);1H. The second kappa shape index (κ2) is 8.45. The highest BCUT2D eigenvalue weighted by molar-refractivity contribution is 6.00. The van der Waals surface area contributed by atoms with E-state index in [0.29, 0.717) is 18.5 Å². The van der Waals surface area contributed by atoms with E-state index < -0.39 is 0 Å². The van der Waals surface area contributed by atoms with Gasteiger partial charge in [0.1, 0.15) is 23.6 Å². The normalized spacial score (nSPS) is 14.7. The van der Waals surface area contributed by atoms with E-state index in [-0.39, 0.29) is 12.4 Å².